The van der Waals surface area contributed by atoms with E-state index in [4.69, 9.17) is 5.73 Å². The molecule has 0 saturated carbocycles. The molecule has 0 radical (unpaired) electrons. The van der Waals surface area contributed by atoms with Crippen molar-refractivity contribution in [1.82, 2.24) is 0 Å². The van der Waals surface area contributed by atoms with E-state index in [9.17, 15) is 0 Å². The summed E-state index contributed by atoms with van der Waals surface area (Å²) >= 11 is 0. The van der Waals surface area contributed by atoms with Crippen LogP contribution in [0.1, 0.15) is 26.3 Å². The topological polar surface area (TPSA) is 29.3 Å². The maximum atomic E-state index is 5.76. The highest BCUT2D eigenvalue weighted by Crippen LogP contribution is 2.15. The highest BCUT2D eigenvalue weighted by molar-refractivity contribution is 5.47. The fourth-order valence-corrected chi connectivity index (χ4v) is 1.80. The van der Waals surface area contributed by atoms with Crippen molar-refractivity contribution in [3.63, 3.8) is 0 Å². The standard InChI is InChI=1S/C13H22N2/c1-4-15(5-2)13-8-6-12(7-9-13)10-11(3)14/h6-9,11H,4-5,10,14H2,1-3H3/t11-/m0/s1. The molecule has 0 aliphatic carbocycles. The lowest BCUT2D eigenvalue weighted by Crippen LogP contribution is -2.22. The summed E-state index contributed by atoms with van der Waals surface area (Å²) < 4.78 is 0. The van der Waals surface area contributed by atoms with Crippen LogP contribution in [0.3, 0.4) is 0 Å². The average Bonchev–Trinajstić information content (AvgIpc) is 2.21. The highest BCUT2D eigenvalue weighted by atomic mass is 15.1. The Morgan fingerprint density at radius 1 is 1.13 bits per heavy atom. The van der Waals surface area contributed by atoms with Crippen LogP contribution in [-0.2, 0) is 6.42 Å². The minimum absolute atomic E-state index is 0.240. The first-order valence-corrected chi connectivity index (χ1v) is 5.76. The molecule has 0 spiro atoms. The fraction of sp³-hybridized carbons (Fsp3) is 0.538. The summed E-state index contributed by atoms with van der Waals surface area (Å²) in [6, 6.07) is 8.97. The maximum absolute atomic E-state index is 5.76. The van der Waals surface area contributed by atoms with E-state index in [1.165, 1.54) is 11.3 Å². The van der Waals surface area contributed by atoms with Crippen LogP contribution in [0.2, 0.25) is 0 Å². The van der Waals surface area contributed by atoms with Gasteiger partial charge in [0.05, 0.1) is 0 Å². The Morgan fingerprint density at radius 2 is 1.67 bits per heavy atom. The third-order valence-electron chi connectivity index (χ3n) is 2.62. The quantitative estimate of drug-likeness (QED) is 0.801. The molecule has 0 aliphatic rings. The van der Waals surface area contributed by atoms with Crippen molar-refractivity contribution in [2.75, 3.05) is 18.0 Å². The van der Waals surface area contributed by atoms with Gasteiger partial charge in [0.15, 0.2) is 0 Å². The molecule has 84 valence electrons. The smallest absolute Gasteiger partial charge is 0.0366 e. The molecule has 0 heterocycles. The molecule has 2 N–H and O–H groups in total. The van der Waals surface area contributed by atoms with Gasteiger partial charge < -0.3 is 10.6 Å². The highest BCUT2D eigenvalue weighted by Gasteiger charge is 2.02. The molecule has 0 aliphatic heterocycles. The third kappa shape index (κ3) is 3.56. The van der Waals surface area contributed by atoms with Crippen LogP contribution >= 0.6 is 0 Å². The Balaban J connectivity index is 2.71. The predicted molar refractivity (Wildman–Crippen MR) is 67.4 cm³/mol. The lowest BCUT2D eigenvalue weighted by molar-refractivity contribution is 0.738. The van der Waals surface area contributed by atoms with Gasteiger partial charge in [-0.1, -0.05) is 12.1 Å². The number of rotatable bonds is 5. The second-order valence-corrected chi connectivity index (χ2v) is 4.02. The number of anilines is 1. The first-order valence-electron chi connectivity index (χ1n) is 5.76. The summed E-state index contributed by atoms with van der Waals surface area (Å²) in [4.78, 5) is 2.34. The Morgan fingerprint density at radius 3 is 2.07 bits per heavy atom. The molecule has 15 heavy (non-hydrogen) atoms. The number of hydrogen-bond donors (Lipinski definition) is 1. The number of hydrogen-bond acceptors (Lipinski definition) is 2. The van der Waals surface area contributed by atoms with Crippen molar-refractivity contribution in [1.29, 1.82) is 0 Å². The number of nitrogens with two attached hydrogens (primary N) is 1. The predicted octanol–water partition coefficient (Wildman–Crippen LogP) is 2.42. The van der Waals surface area contributed by atoms with Gasteiger partial charge >= 0.3 is 0 Å². The van der Waals surface area contributed by atoms with E-state index in [0.29, 0.717) is 0 Å². The molecule has 0 amide bonds. The van der Waals surface area contributed by atoms with Crippen molar-refractivity contribution < 1.29 is 0 Å². The van der Waals surface area contributed by atoms with Crippen molar-refractivity contribution >= 4 is 5.69 Å². The SMILES string of the molecule is CCN(CC)c1ccc(C[C@H](C)N)cc1. The van der Waals surface area contributed by atoms with E-state index in [1.807, 2.05) is 6.92 Å². The van der Waals surface area contributed by atoms with Gasteiger partial charge in [-0.15, -0.1) is 0 Å². The molecule has 1 aromatic rings. The molecule has 2 heteroatoms. The molecule has 1 rings (SSSR count). The zero-order chi connectivity index (χ0) is 11.3. The minimum Gasteiger partial charge on any atom is -0.372 e. The van der Waals surface area contributed by atoms with Crippen LogP contribution in [0.5, 0.6) is 0 Å². The molecule has 0 bridgehead atoms. The van der Waals surface area contributed by atoms with Crippen molar-refractivity contribution in [2.24, 2.45) is 5.73 Å². The Hall–Kier alpha value is -1.02. The van der Waals surface area contributed by atoms with Crippen LogP contribution in [0, 0.1) is 0 Å². The van der Waals surface area contributed by atoms with Crippen molar-refractivity contribution in [3.8, 4) is 0 Å². The Labute approximate surface area is 93.1 Å². The molecular weight excluding hydrogens is 184 g/mol. The van der Waals surface area contributed by atoms with Gasteiger partial charge in [-0.2, -0.15) is 0 Å². The lowest BCUT2D eigenvalue weighted by atomic mass is 10.1. The number of nitrogens with zero attached hydrogens (tertiary/aromatic N) is 1. The van der Waals surface area contributed by atoms with Crippen LogP contribution < -0.4 is 10.6 Å². The molecule has 0 saturated heterocycles. The van der Waals surface area contributed by atoms with Gasteiger partial charge in [0.1, 0.15) is 0 Å². The minimum atomic E-state index is 0.240. The van der Waals surface area contributed by atoms with E-state index in [2.05, 4.69) is 43.0 Å². The molecule has 0 aromatic heterocycles. The van der Waals surface area contributed by atoms with Crippen LogP contribution in [0.4, 0.5) is 5.69 Å². The summed E-state index contributed by atoms with van der Waals surface area (Å²) in [5.74, 6) is 0. The maximum Gasteiger partial charge on any atom is 0.0366 e. The second kappa shape index (κ2) is 5.76. The first-order chi connectivity index (χ1) is 7.17. The largest absolute Gasteiger partial charge is 0.372 e. The van der Waals surface area contributed by atoms with Gasteiger partial charge in [-0.3, -0.25) is 0 Å². The zero-order valence-corrected chi connectivity index (χ0v) is 10.0. The van der Waals surface area contributed by atoms with E-state index in [-0.39, 0.29) is 6.04 Å². The van der Waals surface area contributed by atoms with E-state index in [1.54, 1.807) is 0 Å². The molecular formula is C13H22N2. The molecule has 1 atom stereocenters. The zero-order valence-electron chi connectivity index (χ0n) is 10.0. The van der Waals surface area contributed by atoms with Crippen LogP contribution in [-0.4, -0.2) is 19.1 Å². The average molecular weight is 206 g/mol. The van der Waals surface area contributed by atoms with Gasteiger partial charge in [-0.05, 0) is 44.9 Å². The monoisotopic (exact) mass is 206 g/mol. The van der Waals surface area contributed by atoms with Crippen molar-refractivity contribution in [3.05, 3.63) is 29.8 Å². The number of benzene rings is 1. The van der Waals surface area contributed by atoms with E-state index < -0.39 is 0 Å². The Bertz CT molecular complexity index is 273. The molecule has 1 aromatic carbocycles. The summed E-state index contributed by atoms with van der Waals surface area (Å²) in [6.07, 6.45) is 0.957. The fourth-order valence-electron chi connectivity index (χ4n) is 1.80. The molecule has 0 unspecified atom stereocenters. The normalized spacial score (nSPS) is 12.5. The lowest BCUT2D eigenvalue weighted by Gasteiger charge is -2.21. The van der Waals surface area contributed by atoms with Gasteiger partial charge in [-0.25, -0.2) is 0 Å². The van der Waals surface area contributed by atoms with E-state index >= 15 is 0 Å². The Kier molecular flexibility index (Phi) is 4.63. The summed E-state index contributed by atoms with van der Waals surface area (Å²) in [5.41, 5.74) is 8.38. The first kappa shape index (κ1) is 12.1. The van der Waals surface area contributed by atoms with Crippen LogP contribution in [0.25, 0.3) is 0 Å². The van der Waals surface area contributed by atoms with Crippen LogP contribution in [0.15, 0.2) is 24.3 Å². The van der Waals surface area contributed by atoms with Gasteiger partial charge in [0.2, 0.25) is 0 Å². The van der Waals surface area contributed by atoms with E-state index in [0.717, 1.165) is 19.5 Å². The van der Waals surface area contributed by atoms with Gasteiger partial charge in [0, 0.05) is 24.8 Å². The molecule has 2 nitrogen and oxygen atoms in total. The summed E-state index contributed by atoms with van der Waals surface area (Å²) in [5, 5.41) is 0. The third-order valence-corrected chi connectivity index (χ3v) is 2.62. The van der Waals surface area contributed by atoms with Crippen molar-refractivity contribution in [2.45, 2.75) is 33.2 Å². The second-order valence-electron chi connectivity index (χ2n) is 4.02. The molecule has 0 fully saturated rings. The van der Waals surface area contributed by atoms with Gasteiger partial charge in [0.25, 0.3) is 0 Å². The summed E-state index contributed by atoms with van der Waals surface area (Å²) in [6.45, 7) is 8.52. The summed E-state index contributed by atoms with van der Waals surface area (Å²) in [7, 11) is 0.